The van der Waals surface area contributed by atoms with Crippen molar-refractivity contribution < 1.29 is 24.6 Å². The zero-order valence-electron chi connectivity index (χ0n) is 18.6. The van der Waals surface area contributed by atoms with Crippen molar-refractivity contribution in [1.82, 2.24) is 26.2 Å². The number of piperidine rings is 1. The van der Waals surface area contributed by atoms with Crippen LogP contribution in [0.15, 0.2) is 30.3 Å². The fraction of sp³-hybridized carbons (Fsp3) is 0.524. The zero-order valence-corrected chi connectivity index (χ0v) is 18.6. The first-order valence-electron chi connectivity index (χ1n) is 10.8. The van der Waals surface area contributed by atoms with Crippen molar-refractivity contribution in [2.24, 2.45) is 5.73 Å². The molecule has 0 spiro atoms. The minimum atomic E-state index is -1.24. The van der Waals surface area contributed by atoms with Gasteiger partial charge in [-0.15, -0.1) is 0 Å². The summed E-state index contributed by atoms with van der Waals surface area (Å²) in [6, 6.07) is 6.04. The largest absolute Gasteiger partial charge is 0.394 e. The zero-order chi connectivity index (χ0) is 24.4. The number of rotatable bonds is 9. The van der Waals surface area contributed by atoms with Crippen molar-refractivity contribution in [1.29, 1.82) is 5.41 Å². The molecule has 1 aliphatic rings. The third-order valence-corrected chi connectivity index (χ3v) is 5.33. The molecule has 0 aromatic heterocycles. The topological polar surface area (TPSA) is 193 Å². The van der Waals surface area contributed by atoms with E-state index in [4.69, 9.17) is 11.1 Å². The van der Waals surface area contributed by atoms with Gasteiger partial charge in [0.1, 0.15) is 18.3 Å². The molecule has 0 radical (unpaired) electrons. The first-order valence-corrected chi connectivity index (χ1v) is 10.8. The van der Waals surface area contributed by atoms with Crippen LogP contribution in [0.1, 0.15) is 25.3 Å². The van der Waals surface area contributed by atoms with Crippen molar-refractivity contribution in [2.75, 3.05) is 19.7 Å². The van der Waals surface area contributed by atoms with E-state index in [2.05, 4.69) is 21.3 Å². The second-order valence-corrected chi connectivity index (χ2v) is 7.85. The molecule has 12 heteroatoms. The summed E-state index contributed by atoms with van der Waals surface area (Å²) in [5.41, 5.74) is 6.49. The molecule has 0 aliphatic carbocycles. The minimum absolute atomic E-state index is 0.290. The van der Waals surface area contributed by atoms with Crippen molar-refractivity contribution >= 4 is 23.8 Å². The second-order valence-electron chi connectivity index (χ2n) is 7.85. The Morgan fingerprint density at radius 1 is 1.21 bits per heavy atom. The number of hydrogen-bond donors (Lipinski definition) is 8. The van der Waals surface area contributed by atoms with Gasteiger partial charge < -0.3 is 42.1 Å². The first-order chi connectivity index (χ1) is 15.7. The molecule has 1 aliphatic heterocycles. The number of nitrogens with one attached hydrogen (secondary N) is 5. The number of carbonyl (C=O) groups excluding carboxylic acids is 3. The minimum Gasteiger partial charge on any atom is -0.394 e. The van der Waals surface area contributed by atoms with Gasteiger partial charge in [-0.05, 0) is 31.7 Å². The van der Waals surface area contributed by atoms with Crippen LogP contribution in [0, 0.1) is 5.41 Å². The lowest BCUT2D eigenvalue weighted by molar-refractivity contribution is -0.131. The lowest BCUT2D eigenvalue weighted by Crippen LogP contribution is -2.61. The molecule has 12 nitrogen and oxygen atoms in total. The molecular formula is C21H33N7O5. The highest BCUT2D eigenvalue weighted by molar-refractivity contribution is 5.91. The molecule has 1 aromatic carbocycles. The van der Waals surface area contributed by atoms with Crippen LogP contribution in [0.2, 0.25) is 0 Å². The van der Waals surface area contributed by atoms with Gasteiger partial charge in [-0.25, -0.2) is 4.79 Å². The highest BCUT2D eigenvalue weighted by atomic mass is 16.3. The van der Waals surface area contributed by atoms with Gasteiger partial charge in [-0.3, -0.25) is 15.0 Å². The smallest absolute Gasteiger partial charge is 0.315 e. The fourth-order valence-corrected chi connectivity index (χ4v) is 3.45. The number of aliphatic hydroxyl groups is 2. The Bertz CT molecular complexity index is 822. The van der Waals surface area contributed by atoms with E-state index in [9.17, 15) is 24.6 Å². The summed E-state index contributed by atoms with van der Waals surface area (Å²) in [6.07, 6.45) is 0.573. The van der Waals surface area contributed by atoms with Crippen LogP contribution in [0.3, 0.4) is 0 Å². The van der Waals surface area contributed by atoms with E-state index < -0.39 is 48.8 Å². The van der Waals surface area contributed by atoms with Gasteiger partial charge >= 0.3 is 6.03 Å². The number of guanidine groups is 1. The molecular weight excluding hydrogens is 430 g/mol. The lowest BCUT2D eigenvalue weighted by Gasteiger charge is -2.38. The molecule has 182 valence electrons. The summed E-state index contributed by atoms with van der Waals surface area (Å²) >= 11 is 0. The van der Waals surface area contributed by atoms with E-state index in [1.807, 2.05) is 30.3 Å². The summed E-state index contributed by atoms with van der Waals surface area (Å²) in [5.74, 6) is -1.57. The summed E-state index contributed by atoms with van der Waals surface area (Å²) in [4.78, 5) is 38.2. The van der Waals surface area contributed by atoms with Gasteiger partial charge in [0, 0.05) is 13.1 Å². The normalized spacial score (nSPS) is 19.7. The van der Waals surface area contributed by atoms with E-state index in [1.165, 1.54) is 11.8 Å². The number of likely N-dealkylation sites (tertiary alicyclic amines) is 1. The highest BCUT2D eigenvalue weighted by Crippen LogP contribution is 2.15. The number of aliphatic hydroxyl groups excluding tert-OH is 2. The number of urea groups is 1. The van der Waals surface area contributed by atoms with Crippen molar-refractivity contribution in [3.8, 4) is 0 Å². The van der Waals surface area contributed by atoms with Crippen molar-refractivity contribution in [3.05, 3.63) is 35.9 Å². The van der Waals surface area contributed by atoms with Gasteiger partial charge in [0.2, 0.25) is 11.8 Å². The SMILES string of the molecule is C[C@H](NC(=O)[C@@H](CO)NC(=O)NCCc1ccccc1)C(=O)N[C@H]1CCCN(C(=N)N)C1O. The van der Waals surface area contributed by atoms with Crippen molar-refractivity contribution in [2.45, 2.75) is 50.5 Å². The van der Waals surface area contributed by atoms with Gasteiger partial charge in [0.25, 0.3) is 0 Å². The molecule has 2 rings (SSSR count). The summed E-state index contributed by atoms with van der Waals surface area (Å²) in [7, 11) is 0. The van der Waals surface area contributed by atoms with Crippen LogP contribution in [0.5, 0.6) is 0 Å². The van der Waals surface area contributed by atoms with Crippen molar-refractivity contribution in [3.63, 3.8) is 0 Å². The fourth-order valence-electron chi connectivity index (χ4n) is 3.45. The quantitative estimate of drug-likeness (QED) is 0.156. The Labute approximate surface area is 192 Å². The average molecular weight is 464 g/mol. The average Bonchev–Trinajstić information content (AvgIpc) is 2.79. The Balaban J connectivity index is 1.79. The molecule has 9 N–H and O–H groups in total. The molecule has 0 saturated carbocycles. The molecule has 1 fully saturated rings. The maximum atomic E-state index is 12.5. The molecule has 4 amide bonds. The van der Waals surface area contributed by atoms with Crippen LogP contribution >= 0.6 is 0 Å². The Morgan fingerprint density at radius 2 is 1.91 bits per heavy atom. The van der Waals surface area contributed by atoms with Crippen LogP contribution in [-0.2, 0) is 16.0 Å². The second kappa shape index (κ2) is 12.6. The van der Waals surface area contributed by atoms with Crippen LogP contribution < -0.4 is 27.0 Å². The number of carbonyl (C=O) groups is 3. The maximum absolute atomic E-state index is 12.5. The molecule has 33 heavy (non-hydrogen) atoms. The Hall–Kier alpha value is -3.38. The Kier molecular flexibility index (Phi) is 9.88. The lowest BCUT2D eigenvalue weighted by atomic mass is 10.0. The van der Waals surface area contributed by atoms with Gasteiger partial charge in [0.05, 0.1) is 12.6 Å². The van der Waals surface area contributed by atoms with Crippen LogP contribution in [-0.4, -0.2) is 83.0 Å². The van der Waals surface area contributed by atoms with Gasteiger partial charge in [-0.1, -0.05) is 30.3 Å². The molecule has 1 aromatic rings. The maximum Gasteiger partial charge on any atom is 0.315 e. The van der Waals surface area contributed by atoms with E-state index >= 15 is 0 Å². The number of benzene rings is 1. The molecule has 1 unspecified atom stereocenters. The summed E-state index contributed by atoms with van der Waals surface area (Å²) < 4.78 is 0. The first kappa shape index (κ1) is 25.9. The van der Waals surface area contributed by atoms with E-state index in [0.717, 1.165) is 5.56 Å². The molecule has 0 bridgehead atoms. The molecule has 4 atom stereocenters. The predicted molar refractivity (Wildman–Crippen MR) is 121 cm³/mol. The number of amides is 4. The third kappa shape index (κ3) is 7.91. The van der Waals surface area contributed by atoms with E-state index in [1.54, 1.807) is 0 Å². The van der Waals surface area contributed by atoms with Gasteiger partial charge in [0.15, 0.2) is 5.96 Å². The van der Waals surface area contributed by atoms with Crippen LogP contribution in [0.4, 0.5) is 4.79 Å². The molecule has 1 saturated heterocycles. The van der Waals surface area contributed by atoms with Gasteiger partial charge in [-0.2, -0.15) is 0 Å². The van der Waals surface area contributed by atoms with E-state index in [-0.39, 0.29) is 5.96 Å². The summed E-state index contributed by atoms with van der Waals surface area (Å²) in [5, 5.41) is 37.4. The number of hydrogen-bond acceptors (Lipinski definition) is 6. The predicted octanol–water partition coefficient (Wildman–Crippen LogP) is -1.81. The monoisotopic (exact) mass is 463 g/mol. The highest BCUT2D eigenvalue weighted by Gasteiger charge is 2.33. The third-order valence-electron chi connectivity index (χ3n) is 5.33. The number of nitrogens with zero attached hydrogens (tertiary/aromatic N) is 1. The number of nitrogens with two attached hydrogens (primary N) is 1. The standard InChI is InChI=1S/C21H33N7O5/c1-13(17(30)26-15-8-5-11-28(19(15)32)20(22)23)25-18(31)16(12-29)27-21(33)24-10-9-14-6-3-2-4-7-14/h2-4,6-7,13,15-16,19,29,32H,5,8-12H2,1H3,(H3,22,23)(H,25,31)(H,26,30)(H2,24,27,33)/t13-,15-,16+,19?/m0/s1. The van der Waals surface area contributed by atoms with Crippen LogP contribution in [0.25, 0.3) is 0 Å². The Morgan fingerprint density at radius 3 is 2.55 bits per heavy atom. The summed E-state index contributed by atoms with van der Waals surface area (Å²) in [6.45, 7) is 1.54. The molecule has 1 heterocycles. The van der Waals surface area contributed by atoms with E-state index in [0.29, 0.717) is 32.4 Å².